The lowest BCUT2D eigenvalue weighted by atomic mass is 9.85. The number of rotatable bonds is 7. The Kier molecular flexibility index (Phi) is 8.65. The fourth-order valence-corrected chi connectivity index (χ4v) is 4.65. The van der Waals surface area contributed by atoms with Gasteiger partial charge < -0.3 is 10.2 Å². The van der Waals surface area contributed by atoms with Gasteiger partial charge in [-0.1, -0.05) is 73.3 Å². The van der Waals surface area contributed by atoms with Crippen molar-refractivity contribution in [3.63, 3.8) is 0 Å². The summed E-state index contributed by atoms with van der Waals surface area (Å²) in [6.45, 7) is 2.37. The predicted octanol–water partition coefficient (Wildman–Crippen LogP) is 6.00. The maximum absolute atomic E-state index is 13.6. The summed E-state index contributed by atoms with van der Waals surface area (Å²) in [6, 6.07) is 13.5. The molecule has 0 radical (unpaired) electrons. The minimum atomic E-state index is -0.884. The van der Waals surface area contributed by atoms with Gasteiger partial charge in [-0.2, -0.15) is 0 Å². The predicted molar refractivity (Wildman–Crippen MR) is 126 cm³/mol. The summed E-state index contributed by atoms with van der Waals surface area (Å²) in [7, 11) is 0. The summed E-state index contributed by atoms with van der Waals surface area (Å²) in [5, 5.41) is 4.23. The van der Waals surface area contributed by atoms with Crippen molar-refractivity contribution >= 4 is 46.6 Å². The molecule has 0 saturated heterocycles. The van der Waals surface area contributed by atoms with Crippen molar-refractivity contribution < 1.29 is 9.59 Å². The molecule has 4 nitrogen and oxygen atoms in total. The second kappa shape index (κ2) is 11.2. The first-order valence-corrected chi connectivity index (χ1v) is 11.8. The van der Waals surface area contributed by atoms with E-state index in [9.17, 15) is 9.59 Å². The van der Waals surface area contributed by atoms with E-state index in [2.05, 4.69) is 12.2 Å². The van der Waals surface area contributed by atoms with Gasteiger partial charge in [0.05, 0.1) is 0 Å². The summed E-state index contributed by atoms with van der Waals surface area (Å²) in [6.07, 6.45) is 4.27. The summed E-state index contributed by atoms with van der Waals surface area (Å²) in [5.41, 5.74) is 1.43. The van der Waals surface area contributed by atoms with E-state index in [-0.39, 0.29) is 30.3 Å². The minimum absolute atomic E-state index is 0.0784. The Morgan fingerprint density at radius 3 is 2.39 bits per heavy atom. The lowest BCUT2D eigenvalue weighted by Crippen LogP contribution is -2.49. The molecule has 7 heteroatoms. The van der Waals surface area contributed by atoms with Gasteiger partial charge in [-0.15, -0.1) is 11.6 Å². The first-order chi connectivity index (χ1) is 14.9. The Morgan fingerprint density at radius 2 is 1.74 bits per heavy atom. The van der Waals surface area contributed by atoms with Gasteiger partial charge in [-0.25, -0.2) is 0 Å². The van der Waals surface area contributed by atoms with Crippen LogP contribution < -0.4 is 5.32 Å². The summed E-state index contributed by atoms with van der Waals surface area (Å²) < 4.78 is 0. The van der Waals surface area contributed by atoms with E-state index in [1.54, 1.807) is 30.3 Å². The van der Waals surface area contributed by atoms with E-state index in [1.165, 1.54) is 11.3 Å². The standard InChI is InChI=1S/C24H27Cl3N2O2/c1-16-6-2-5-9-21(16)28-24(31)23(19-7-3-4-8-20(19)27)29(22(30)14-25)15-17-10-12-18(26)13-11-17/h3-4,7-8,10-13,16,21,23H,2,5-6,9,14-15H2,1H3,(H,28,31)/t16-,21+,23+/m1/s1. The summed E-state index contributed by atoms with van der Waals surface area (Å²) >= 11 is 18.4. The molecule has 0 aromatic heterocycles. The van der Waals surface area contributed by atoms with Gasteiger partial charge in [0.15, 0.2) is 0 Å². The average Bonchev–Trinajstić information content (AvgIpc) is 2.77. The largest absolute Gasteiger partial charge is 0.351 e. The molecule has 2 aromatic rings. The summed E-state index contributed by atoms with van der Waals surface area (Å²) in [5.74, 6) is -0.424. The van der Waals surface area contributed by atoms with Gasteiger partial charge in [-0.3, -0.25) is 9.59 Å². The number of nitrogens with zero attached hydrogens (tertiary/aromatic N) is 1. The van der Waals surface area contributed by atoms with Crippen molar-refractivity contribution in [2.24, 2.45) is 5.92 Å². The Labute approximate surface area is 198 Å². The molecule has 1 saturated carbocycles. The van der Waals surface area contributed by atoms with E-state index in [4.69, 9.17) is 34.8 Å². The molecular formula is C24H27Cl3N2O2. The second-order valence-corrected chi connectivity index (χ2v) is 9.19. The van der Waals surface area contributed by atoms with Gasteiger partial charge >= 0.3 is 0 Å². The molecule has 3 rings (SSSR count). The van der Waals surface area contributed by atoms with Crippen LogP contribution in [0.1, 0.15) is 49.8 Å². The molecule has 166 valence electrons. The number of hydrogen-bond acceptors (Lipinski definition) is 2. The van der Waals surface area contributed by atoms with Crippen LogP contribution in [0.25, 0.3) is 0 Å². The Balaban J connectivity index is 1.97. The van der Waals surface area contributed by atoms with Crippen LogP contribution in [0.4, 0.5) is 0 Å². The van der Waals surface area contributed by atoms with E-state index < -0.39 is 6.04 Å². The molecule has 2 aromatic carbocycles. The van der Waals surface area contributed by atoms with Gasteiger partial charge in [0.2, 0.25) is 11.8 Å². The molecule has 0 heterocycles. The SMILES string of the molecule is C[C@@H]1CCCC[C@@H]1NC(=O)[C@H](c1ccccc1Cl)N(Cc1ccc(Cl)cc1)C(=O)CCl. The Hall–Kier alpha value is -1.75. The number of alkyl halides is 1. The highest BCUT2D eigenvalue weighted by molar-refractivity contribution is 6.32. The highest BCUT2D eigenvalue weighted by Crippen LogP contribution is 2.31. The number of amides is 2. The number of carbonyl (C=O) groups excluding carboxylic acids is 2. The highest BCUT2D eigenvalue weighted by Gasteiger charge is 2.34. The van der Waals surface area contributed by atoms with Crippen molar-refractivity contribution in [1.82, 2.24) is 10.2 Å². The number of benzene rings is 2. The highest BCUT2D eigenvalue weighted by atomic mass is 35.5. The number of nitrogens with one attached hydrogen (secondary N) is 1. The molecule has 31 heavy (non-hydrogen) atoms. The van der Waals surface area contributed by atoms with Crippen LogP contribution in [0.15, 0.2) is 48.5 Å². The first-order valence-electron chi connectivity index (χ1n) is 10.6. The number of halogens is 3. The van der Waals surface area contributed by atoms with Gasteiger partial charge in [0.25, 0.3) is 0 Å². The van der Waals surface area contributed by atoms with Crippen LogP contribution in [-0.2, 0) is 16.1 Å². The lowest BCUT2D eigenvalue weighted by molar-refractivity contribution is -0.140. The molecule has 0 unspecified atom stereocenters. The molecule has 1 aliphatic carbocycles. The van der Waals surface area contributed by atoms with Crippen molar-refractivity contribution in [1.29, 1.82) is 0 Å². The second-order valence-electron chi connectivity index (χ2n) is 8.08. The van der Waals surface area contributed by atoms with Gasteiger partial charge in [0.1, 0.15) is 11.9 Å². The van der Waals surface area contributed by atoms with E-state index in [0.29, 0.717) is 21.5 Å². The van der Waals surface area contributed by atoms with Gasteiger partial charge in [-0.05, 0) is 42.5 Å². The minimum Gasteiger partial charge on any atom is -0.351 e. The average molecular weight is 482 g/mol. The first kappa shape index (κ1) is 23.9. The van der Waals surface area contributed by atoms with Crippen molar-refractivity contribution in [3.05, 3.63) is 69.7 Å². The number of carbonyl (C=O) groups is 2. The smallest absolute Gasteiger partial charge is 0.247 e. The Bertz CT molecular complexity index is 904. The zero-order chi connectivity index (χ0) is 22.4. The van der Waals surface area contributed by atoms with Crippen LogP contribution in [0, 0.1) is 5.92 Å². The molecule has 0 spiro atoms. The molecule has 1 N–H and O–H groups in total. The van der Waals surface area contributed by atoms with Crippen LogP contribution in [0.3, 0.4) is 0 Å². The maximum Gasteiger partial charge on any atom is 0.247 e. The van der Waals surface area contributed by atoms with E-state index >= 15 is 0 Å². The molecule has 1 fully saturated rings. The van der Waals surface area contributed by atoms with Crippen molar-refractivity contribution in [2.75, 3.05) is 5.88 Å². The van der Waals surface area contributed by atoms with Gasteiger partial charge in [0, 0.05) is 28.2 Å². The van der Waals surface area contributed by atoms with E-state index in [0.717, 1.165) is 24.8 Å². The van der Waals surface area contributed by atoms with Crippen LogP contribution in [-0.4, -0.2) is 28.6 Å². The van der Waals surface area contributed by atoms with Crippen molar-refractivity contribution in [3.8, 4) is 0 Å². The lowest BCUT2D eigenvalue weighted by Gasteiger charge is -2.35. The third-order valence-electron chi connectivity index (χ3n) is 5.90. The summed E-state index contributed by atoms with van der Waals surface area (Å²) in [4.78, 5) is 28.0. The van der Waals surface area contributed by atoms with Crippen LogP contribution >= 0.6 is 34.8 Å². The molecule has 1 aliphatic rings. The topological polar surface area (TPSA) is 49.4 Å². The number of hydrogen-bond donors (Lipinski definition) is 1. The molecule has 2 amide bonds. The third kappa shape index (κ3) is 6.15. The monoisotopic (exact) mass is 480 g/mol. The zero-order valence-corrected chi connectivity index (χ0v) is 19.8. The molecule has 3 atom stereocenters. The quantitative estimate of drug-likeness (QED) is 0.493. The van der Waals surface area contributed by atoms with Crippen LogP contribution in [0.2, 0.25) is 10.0 Å². The van der Waals surface area contributed by atoms with Crippen LogP contribution in [0.5, 0.6) is 0 Å². The fraction of sp³-hybridized carbons (Fsp3) is 0.417. The Morgan fingerprint density at radius 1 is 1.06 bits per heavy atom. The van der Waals surface area contributed by atoms with Crippen molar-refractivity contribution in [2.45, 2.75) is 51.2 Å². The molecule has 0 bridgehead atoms. The molecule has 0 aliphatic heterocycles. The van der Waals surface area contributed by atoms with E-state index in [1.807, 2.05) is 18.2 Å². The molecular weight excluding hydrogens is 455 g/mol. The normalized spacial score (nSPS) is 19.5. The zero-order valence-electron chi connectivity index (χ0n) is 17.5. The third-order valence-corrected chi connectivity index (χ3v) is 6.72. The fourth-order valence-electron chi connectivity index (χ4n) is 4.13. The maximum atomic E-state index is 13.6.